The quantitative estimate of drug-likeness (QED) is 0.894. The fourth-order valence-corrected chi connectivity index (χ4v) is 2.78. The number of nitrogens with zero attached hydrogens (tertiary/aromatic N) is 3. The molecule has 0 aliphatic carbocycles. The molecular formula is C15H22N4O. The minimum atomic E-state index is 0.336. The van der Waals surface area contributed by atoms with Gasteiger partial charge in [-0.15, -0.1) is 10.2 Å². The third-order valence-electron chi connectivity index (χ3n) is 4.02. The second-order valence-electron chi connectivity index (χ2n) is 5.27. The topological polar surface area (TPSA) is 70.8 Å². The van der Waals surface area contributed by atoms with Crippen LogP contribution in [0.1, 0.15) is 45.2 Å². The number of rotatable bonds is 5. The molecule has 1 N–H and O–H groups in total. The smallest absolute Gasteiger partial charge is 0.163 e. The molecule has 1 aromatic rings. The highest BCUT2D eigenvalue weighted by atomic mass is 16.5. The Balaban J connectivity index is 1.93. The third kappa shape index (κ3) is 3.67. The Kier molecular flexibility index (Phi) is 5.31. The first-order valence-corrected chi connectivity index (χ1v) is 7.38. The number of aromatic nitrogens is 2. The molecule has 20 heavy (non-hydrogen) atoms. The van der Waals surface area contributed by atoms with Crippen molar-refractivity contribution >= 4 is 5.82 Å². The van der Waals surface area contributed by atoms with Crippen LogP contribution in [0.5, 0.6) is 0 Å². The van der Waals surface area contributed by atoms with Gasteiger partial charge in [-0.1, -0.05) is 26.7 Å². The zero-order valence-electron chi connectivity index (χ0n) is 12.2. The molecule has 0 aromatic carbocycles. The highest BCUT2D eigenvalue weighted by Crippen LogP contribution is 2.26. The first-order chi connectivity index (χ1) is 9.76. The molecular weight excluding hydrogens is 252 g/mol. The van der Waals surface area contributed by atoms with Crippen LogP contribution in [-0.2, 0) is 4.74 Å². The summed E-state index contributed by atoms with van der Waals surface area (Å²) in [6.45, 7) is 5.24. The van der Waals surface area contributed by atoms with Crippen LogP contribution in [0, 0.1) is 17.2 Å². The van der Waals surface area contributed by atoms with Gasteiger partial charge in [-0.3, -0.25) is 0 Å². The van der Waals surface area contributed by atoms with Crippen LogP contribution in [0.2, 0.25) is 0 Å². The van der Waals surface area contributed by atoms with E-state index >= 15 is 0 Å². The normalized spacial score (nSPS) is 22.5. The van der Waals surface area contributed by atoms with Crippen LogP contribution in [-0.4, -0.2) is 29.0 Å². The van der Waals surface area contributed by atoms with Crippen molar-refractivity contribution in [2.75, 3.05) is 11.9 Å². The maximum Gasteiger partial charge on any atom is 0.163 e. The van der Waals surface area contributed by atoms with Crippen molar-refractivity contribution in [2.45, 2.75) is 51.7 Å². The van der Waals surface area contributed by atoms with E-state index in [4.69, 9.17) is 10.00 Å². The molecule has 2 atom stereocenters. The molecule has 5 heteroatoms. The number of hydrogen-bond donors (Lipinski definition) is 1. The molecule has 1 saturated heterocycles. The van der Waals surface area contributed by atoms with Crippen molar-refractivity contribution in [1.29, 1.82) is 5.26 Å². The predicted molar refractivity (Wildman–Crippen MR) is 77.2 cm³/mol. The predicted octanol–water partition coefficient (Wildman–Crippen LogP) is 2.74. The largest absolute Gasteiger partial charge is 0.378 e. The Morgan fingerprint density at radius 1 is 1.40 bits per heavy atom. The van der Waals surface area contributed by atoms with Crippen molar-refractivity contribution in [3.05, 3.63) is 17.8 Å². The minimum absolute atomic E-state index is 0.336. The third-order valence-corrected chi connectivity index (χ3v) is 4.02. The first-order valence-electron chi connectivity index (χ1n) is 7.38. The summed E-state index contributed by atoms with van der Waals surface area (Å²) in [4.78, 5) is 0. The van der Waals surface area contributed by atoms with E-state index in [1.807, 2.05) is 12.1 Å². The summed E-state index contributed by atoms with van der Waals surface area (Å²) in [5, 5.41) is 20.0. The molecule has 0 bridgehead atoms. The monoisotopic (exact) mass is 274 g/mol. The van der Waals surface area contributed by atoms with E-state index in [0.29, 0.717) is 23.8 Å². The summed E-state index contributed by atoms with van der Waals surface area (Å²) in [6.07, 6.45) is 4.64. The molecule has 1 aromatic heterocycles. The Hall–Kier alpha value is -1.67. The summed E-state index contributed by atoms with van der Waals surface area (Å²) in [6, 6.07) is 5.85. The number of nitrogens with one attached hydrogen (secondary N) is 1. The average molecular weight is 274 g/mol. The van der Waals surface area contributed by atoms with E-state index in [0.717, 1.165) is 38.1 Å². The molecule has 2 rings (SSSR count). The highest BCUT2D eigenvalue weighted by molar-refractivity contribution is 5.36. The summed E-state index contributed by atoms with van der Waals surface area (Å²) in [5.41, 5.74) is 0.345. The SMILES string of the molecule is CCC(CC)C1CC(Nc2ccc(C#N)nn2)CCO1. The van der Waals surface area contributed by atoms with Gasteiger partial charge >= 0.3 is 0 Å². The number of hydrogen-bond acceptors (Lipinski definition) is 5. The van der Waals surface area contributed by atoms with Gasteiger partial charge in [0.15, 0.2) is 5.69 Å². The first kappa shape index (κ1) is 14.7. The molecule has 1 aliphatic rings. The van der Waals surface area contributed by atoms with Crippen LogP contribution < -0.4 is 5.32 Å². The maximum absolute atomic E-state index is 8.71. The molecule has 108 valence electrons. The van der Waals surface area contributed by atoms with Crippen LogP contribution in [0.15, 0.2) is 12.1 Å². The maximum atomic E-state index is 8.71. The van der Waals surface area contributed by atoms with E-state index < -0.39 is 0 Å². The zero-order valence-corrected chi connectivity index (χ0v) is 12.2. The van der Waals surface area contributed by atoms with Gasteiger partial charge in [0, 0.05) is 12.6 Å². The van der Waals surface area contributed by atoms with Gasteiger partial charge in [-0.2, -0.15) is 5.26 Å². The Bertz CT molecular complexity index is 450. The average Bonchev–Trinajstić information content (AvgIpc) is 2.50. The van der Waals surface area contributed by atoms with Gasteiger partial charge in [-0.05, 0) is 30.9 Å². The Labute approximate surface area is 120 Å². The van der Waals surface area contributed by atoms with E-state index in [9.17, 15) is 0 Å². The van der Waals surface area contributed by atoms with Gasteiger partial charge in [-0.25, -0.2) is 0 Å². The van der Waals surface area contributed by atoms with Gasteiger partial charge in [0.2, 0.25) is 0 Å². The summed E-state index contributed by atoms with van der Waals surface area (Å²) < 4.78 is 5.91. The Morgan fingerprint density at radius 2 is 2.20 bits per heavy atom. The van der Waals surface area contributed by atoms with Crippen molar-refractivity contribution in [1.82, 2.24) is 10.2 Å². The molecule has 5 nitrogen and oxygen atoms in total. The molecule has 1 fully saturated rings. The second-order valence-corrected chi connectivity index (χ2v) is 5.27. The summed E-state index contributed by atoms with van der Waals surface area (Å²) in [5.74, 6) is 1.37. The fourth-order valence-electron chi connectivity index (χ4n) is 2.78. The van der Waals surface area contributed by atoms with E-state index in [1.54, 1.807) is 6.07 Å². The van der Waals surface area contributed by atoms with Gasteiger partial charge in [0.25, 0.3) is 0 Å². The van der Waals surface area contributed by atoms with Gasteiger partial charge in [0.1, 0.15) is 11.9 Å². The van der Waals surface area contributed by atoms with Crippen LogP contribution in [0.25, 0.3) is 0 Å². The van der Waals surface area contributed by atoms with Crippen LogP contribution in [0.3, 0.4) is 0 Å². The lowest BCUT2D eigenvalue weighted by molar-refractivity contribution is -0.0271. The van der Waals surface area contributed by atoms with E-state index in [2.05, 4.69) is 29.4 Å². The van der Waals surface area contributed by atoms with Crippen molar-refractivity contribution in [3.8, 4) is 6.07 Å². The lowest BCUT2D eigenvalue weighted by atomic mass is 9.89. The fraction of sp³-hybridized carbons (Fsp3) is 0.667. The van der Waals surface area contributed by atoms with Crippen molar-refractivity contribution in [3.63, 3.8) is 0 Å². The van der Waals surface area contributed by atoms with Gasteiger partial charge in [0.05, 0.1) is 6.10 Å². The van der Waals surface area contributed by atoms with E-state index in [1.165, 1.54) is 0 Å². The van der Waals surface area contributed by atoms with Crippen molar-refractivity contribution in [2.24, 2.45) is 5.92 Å². The molecule has 0 amide bonds. The lowest BCUT2D eigenvalue weighted by Gasteiger charge is -2.34. The molecule has 2 unspecified atom stereocenters. The van der Waals surface area contributed by atoms with Gasteiger partial charge < -0.3 is 10.1 Å². The standard InChI is InChI=1S/C15H22N4O/c1-3-11(4-2)14-9-12(7-8-20-14)17-15-6-5-13(10-16)18-19-15/h5-6,11-12,14H,3-4,7-9H2,1-2H3,(H,17,19). The molecule has 0 spiro atoms. The molecule has 0 saturated carbocycles. The summed E-state index contributed by atoms with van der Waals surface area (Å²) >= 11 is 0. The second kappa shape index (κ2) is 7.20. The molecule has 0 radical (unpaired) electrons. The Morgan fingerprint density at radius 3 is 2.80 bits per heavy atom. The number of ether oxygens (including phenoxy) is 1. The lowest BCUT2D eigenvalue weighted by Crippen LogP contribution is -2.38. The van der Waals surface area contributed by atoms with Crippen LogP contribution >= 0.6 is 0 Å². The molecule has 1 aliphatic heterocycles. The highest BCUT2D eigenvalue weighted by Gasteiger charge is 2.27. The van der Waals surface area contributed by atoms with Crippen LogP contribution in [0.4, 0.5) is 5.82 Å². The number of anilines is 1. The summed E-state index contributed by atoms with van der Waals surface area (Å²) in [7, 11) is 0. The minimum Gasteiger partial charge on any atom is -0.378 e. The van der Waals surface area contributed by atoms with E-state index in [-0.39, 0.29) is 0 Å². The molecule has 2 heterocycles. The zero-order chi connectivity index (χ0) is 14.4. The number of nitriles is 1. The van der Waals surface area contributed by atoms with Crippen molar-refractivity contribution < 1.29 is 4.74 Å².